The van der Waals surface area contributed by atoms with Crippen LogP contribution in [0.15, 0.2) is 24.3 Å². The van der Waals surface area contributed by atoms with Gasteiger partial charge in [-0.1, -0.05) is 32.4 Å². The van der Waals surface area contributed by atoms with Crippen LogP contribution in [0.3, 0.4) is 0 Å². The highest BCUT2D eigenvalue weighted by Crippen LogP contribution is 2.21. The molecule has 1 aromatic rings. The van der Waals surface area contributed by atoms with Crippen molar-refractivity contribution in [3.63, 3.8) is 0 Å². The number of unbranched alkanes of at least 4 members (excludes halogenated alkanes) is 1. The second-order valence-corrected chi connectivity index (χ2v) is 23.4. The van der Waals surface area contributed by atoms with Crippen LogP contribution in [0.4, 0.5) is 0 Å². The summed E-state index contributed by atoms with van der Waals surface area (Å²) in [5.74, 6) is -13.3. The molecule has 2 saturated heterocycles. The maximum absolute atomic E-state index is 14.1. The minimum Gasteiger partial charge on any atom is -0.508 e. The average molecular weight is 1360 g/mol. The van der Waals surface area contributed by atoms with Gasteiger partial charge < -0.3 is 96.1 Å². The molecule has 0 bridgehead atoms. The highest BCUT2D eigenvalue weighted by atomic mass is 32.1. The Morgan fingerprint density at radius 3 is 1.57 bits per heavy atom. The van der Waals surface area contributed by atoms with Gasteiger partial charge >= 0.3 is 0 Å². The number of aromatic hydroxyl groups is 1. The van der Waals surface area contributed by atoms with Crippen molar-refractivity contribution in [3.05, 3.63) is 29.8 Å². The number of aliphatic hydroxyl groups excluding tert-OH is 1. The number of benzene rings is 1. The highest BCUT2D eigenvalue weighted by molar-refractivity contribution is 7.80. The van der Waals surface area contributed by atoms with Crippen molar-refractivity contribution in [2.24, 2.45) is 28.9 Å². The van der Waals surface area contributed by atoms with Gasteiger partial charge in [-0.25, -0.2) is 0 Å². The van der Waals surface area contributed by atoms with E-state index in [9.17, 15) is 77.3 Å². The topological polar surface area (TPSA) is 510 Å². The average Bonchev–Trinajstić information content (AvgIpc) is 1.86. The fourth-order valence-electron chi connectivity index (χ4n) is 9.53. The molecule has 0 radical (unpaired) electrons. The van der Waals surface area contributed by atoms with Crippen LogP contribution < -0.4 is 76.1 Å². The third kappa shape index (κ3) is 24.5. The minimum absolute atomic E-state index is 0.0121. The number of phenolic OH excluding ortho intramolecular Hbond substituents is 1. The normalized spacial score (nSPS) is 18.1. The van der Waals surface area contributed by atoms with Crippen molar-refractivity contribution in [1.82, 2.24) is 63.0 Å². The first-order chi connectivity index (χ1) is 43.1. The van der Waals surface area contributed by atoms with E-state index in [0.29, 0.717) is 31.2 Å². The SMILES string of the molecule is CC[C@H](C)[C@H](N)C(=O)N[C@@H](CS)C(=O)N[C@@H](CS)C(=O)N[C@@H](CC(N)=O)C(=O)N1CCCC1C(=O)N[C@@H](C)C(=O)N[C@@H](CS)C(=O)NCC(=O)N1CCC[C@H]1C(=O)N[C@@H](CCCCN)C(=O)N[C@@H](Cc1ccc(O)cc1)C(=O)N[C@@H](CO)C(=O)N[C@@H](CS)C(N)=O. The summed E-state index contributed by atoms with van der Waals surface area (Å²) in [6.45, 7) is 3.58. The summed E-state index contributed by atoms with van der Waals surface area (Å²) < 4.78 is 0. The zero-order valence-corrected chi connectivity index (χ0v) is 54.4. The number of hydrogen-bond acceptors (Lipinski definition) is 22. The van der Waals surface area contributed by atoms with Gasteiger partial charge in [-0.05, 0) is 82.0 Å². The maximum Gasteiger partial charge on any atom is 0.246 e. The van der Waals surface area contributed by atoms with E-state index in [1.54, 1.807) is 6.92 Å². The molecular formula is C55H88N16O16S4. The monoisotopic (exact) mass is 1360 g/mol. The number of likely N-dealkylation sites (tertiary alicyclic amines) is 2. The maximum atomic E-state index is 14.1. The first kappa shape index (κ1) is 78.1. The number of nitrogens with one attached hydrogen (secondary N) is 10. The van der Waals surface area contributed by atoms with Crippen LogP contribution in [-0.2, 0) is 73.5 Å². The predicted molar refractivity (Wildman–Crippen MR) is 343 cm³/mol. The molecule has 0 aliphatic carbocycles. The van der Waals surface area contributed by atoms with E-state index in [2.05, 4.69) is 104 Å². The third-order valence-electron chi connectivity index (χ3n) is 15.2. The molecule has 508 valence electrons. The Morgan fingerprint density at radius 2 is 1.03 bits per heavy atom. The van der Waals surface area contributed by atoms with Crippen LogP contribution in [-0.4, -0.2) is 231 Å². The van der Waals surface area contributed by atoms with E-state index in [0.717, 1.165) is 4.90 Å². The van der Waals surface area contributed by atoms with Gasteiger partial charge in [0.2, 0.25) is 82.7 Å². The molecule has 2 aliphatic rings. The molecule has 32 nitrogen and oxygen atoms in total. The second-order valence-electron chi connectivity index (χ2n) is 21.9. The first-order valence-electron chi connectivity index (χ1n) is 29.6. The molecule has 14 amide bonds. The predicted octanol–water partition coefficient (Wildman–Crippen LogP) is -7.01. The number of nitrogens with zero attached hydrogens (tertiary/aromatic N) is 2. The Labute approximate surface area is 548 Å². The molecule has 2 aliphatic heterocycles. The Morgan fingerprint density at radius 1 is 0.571 bits per heavy atom. The Kier molecular flexibility index (Phi) is 33.8. The molecule has 13 atom stereocenters. The molecule has 3 rings (SSSR count). The first-order valence-corrected chi connectivity index (χ1v) is 32.1. The molecular weight excluding hydrogens is 1270 g/mol. The summed E-state index contributed by atoms with van der Waals surface area (Å²) in [6.07, 6.45) is 1.29. The van der Waals surface area contributed by atoms with Crippen LogP contribution in [0.5, 0.6) is 5.75 Å². The van der Waals surface area contributed by atoms with E-state index >= 15 is 0 Å². The van der Waals surface area contributed by atoms with Crippen molar-refractivity contribution in [2.45, 2.75) is 157 Å². The molecule has 0 aromatic heterocycles. The second kappa shape index (κ2) is 39.3. The summed E-state index contributed by atoms with van der Waals surface area (Å²) in [5, 5.41) is 44.6. The molecule has 1 unspecified atom stereocenters. The number of carbonyl (C=O) groups excluding carboxylic acids is 14. The smallest absolute Gasteiger partial charge is 0.246 e. The lowest BCUT2D eigenvalue weighted by molar-refractivity contribution is -0.143. The van der Waals surface area contributed by atoms with Gasteiger partial charge in [-0.15, -0.1) is 0 Å². The lowest BCUT2D eigenvalue weighted by atomic mass is 9.99. The van der Waals surface area contributed by atoms with Crippen LogP contribution in [0, 0.1) is 5.92 Å². The van der Waals surface area contributed by atoms with E-state index in [-0.39, 0.29) is 86.4 Å². The number of rotatable bonds is 38. The number of nitrogens with two attached hydrogens (primary N) is 4. The molecule has 36 heteroatoms. The Bertz CT molecular complexity index is 2740. The number of amides is 14. The van der Waals surface area contributed by atoms with Crippen molar-refractivity contribution < 1.29 is 77.3 Å². The summed E-state index contributed by atoms with van der Waals surface area (Å²) in [6, 6.07) is -10.3. The zero-order valence-electron chi connectivity index (χ0n) is 50.9. The summed E-state index contributed by atoms with van der Waals surface area (Å²) in [7, 11) is 0. The number of aliphatic hydroxyl groups is 1. The molecule has 0 saturated carbocycles. The summed E-state index contributed by atoms with van der Waals surface area (Å²) in [4.78, 5) is 189. The molecule has 1 aromatic carbocycles. The number of phenols is 1. The third-order valence-corrected chi connectivity index (χ3v) is 16.6. The van der Waals surface area contributed by atoms with Crippen LogP contribution >= 0.6 is 50.5 Å². The van der Waals surface area contributed by atoms with Gasteiger partial charge in [0.25, 0.3) is 0 Å². The van der Waals surface area contributed by atoms with Gasteiger partial charge in [0.05, 0.1) is 25.6 Å². The number of carbonyl (C=O) groups is 14. The molecule has 0 spiro atoms. The molecule has 20 N–H and O–H groups in total. The fraction of sp³-hybridized carbons (Fsp3) is 0.636. The van der Waals surface area contributed by atoms with Crippen molar-refractivity contribution in [3.8, 4) is 5.75 Å². The molecule has 91 heavy (non-hydrogen) atoms. The van der Waals surface area contributed by atoms with Gasteiger partial charge in [-0.2, -0.15) is 50.5 Å². The van der Waals surface area contributed by atoms with Gasteiger partial charge in [0.1, 0.15) is 72.2 Å². The van der Waals surface area contributed by atoms with Gasteiger partial charge in [0.15, 0.2) is 0 Å². The van der Waals surface area contributed by atoms with E-state index < -0.39 is 175 Å². The quantitative estimate of drug-likeness (QED) is 0.0216. The summed E-state index contributed by atoms with van der Waals surface area (Å²) >= 11 is 16.5. The zero-order chi connectivity index (χ0) is 68.2. The van der Waals surface area contributed by atoms with Crippen LogP contribution in [0.2, 0.25) is 0 Å². The van der Waals surface area contributed by atoms with Gasteiger partial charge in [-0.3, -0.25) is 67.1 Å². The molecule has 2 heterocycles. The standard InChI is InChI=1S/C55H88N16O16S4/c1-4-27(2)43(58)54(86)69-38(26-91)51(83)68-37(25-90)50(82)64-33(20-41(57)74)55(87)71-18-8-11-40(71)52(84)61-28(3)45(77)67-36(24-89)46(78)60-21-42(75)70-17-7-10-39(70)53(85)62-31(9-5-6-16-56)47(79)63-32(19-29-12-14-30(73)15-13-29)48(80)65-34(22-72)49(81)66-35(23-88)44(59)76/h12-15,27-28,31-40,43,72-73,88-91H,4-11,16-26,56,58H2,1-3H3,(H2,57,74)(H2,59,76)(H,60,78)(H,61,84)(H,62,85)(H,63,79)(H,64,82)(H,65,80)(H,66,81)(H,67,77)(H,68,83)(H,69,86)/t27-,28-,31-,32-,33-,34-,35-,36-,37-,38-,39-,40?,43-/m0/s1. The van der Waals surface area contributed by atoms with Crippen molar-refractivity contribution >= 4 is 133 Å². The Hall–Kier alpha value is -7.12. The lowest BCUT2D eigenvalue weighted by Gasteiger charge is -2.30. The van der Waals surface area contributed by atoms with E-state index in [4.69, 9.17) is 22.9 Å². The van der Waals surface area contributed by atoms with E-state index in [1.165, 1.54) is 36.1 Å². The van der Waals surface area contributed by atoms with Crippen molar-refractivity contribution in [2.75, 3.05) is 55.8 Å². The van der Waals surface area contributed by atoms with Crippen molar-refractivity contribution in [1.29, 1.82) is 0 Å². The lowest BCUT2D eigenvalue weighted by Crippen LogP contribution is -2.60. The van der Waals surface area contributed by atoms with Crippen LogP contribution in [0.25, 0.3) is 0 Å². The number of primary amides is 2. The molecule has 2 fully saturated rings. The minimum atomic E-state index is -1.62. The number of thiol groups is 4. The van der Waals surface area contributed by atoms with Crippen LogP contribution in [0.1, 0.15) is 84.1 Å². The fourth-order valence-corrected chi connectivity index (χ4v) is 10.6. The summed E-state index contributed by atoms with van der Waals surface area (Å²) in [5.41, 5.74) is 22.9. The largest absolute Gasteiger partial charge is 0.508 e. The highest BCUT2D eigenvalue weighted by Gasteiger charge is 2.41. The number of hydrogen-bond donors (Lipinski definition) is 20. The Balaban J connectivity index is 1.66. The van der Waals surface area contributed by atoms with Gasteiger partial charge in [0, 0.05) is 42.5 Å². The van der Waals surface area contributed by atoms with E-state index in [1.807, 2.05) is 6.92 Å².